The highest BCUT2D eigenvalue weighted by molar-refractivity contribution is 6.41. The summed E-state index contributed by atoms with van der Waals surface area (Å²) in [5.41, 5.74) is 0. The van der Waals surface area contributed by atoms with Gasteiger partial charge in [0.25, 0.3) is 0 Å². The van der Waals surface area contributed by atoms with Crippen LogP contribution < -0.4 is 0 Å². The third-order valence-electron chi connectivity index (χ3n) is 2.27. The summed E-state index contributed by atoms with van der Waals surface area (Å²) in [6.07, 6.45) is 0.504. The number of hydrogen-bond acceptors (Lipinski definition) is 3. The SMILES string of the molecule is CC[N+]1(C=O)CCN(Cl)C(=O)C1=O. The number of piperazine rings is 1. The Morgan fingerprint density at radius 1 is 1.62 bits per heavy atom. The number of nitrogens with zero attached hydrogens (tertiary/aromatic N) is 2. The largest absolute Gasteiger partial charge is 0.412 e. The first-order valence-corrected chi connectivity index (χ1v) is 4.26. The molecule has 1 heterocycles. The summed E-state index contributed by atoms with van der Waals surface area (Å²) in [5.74, 6) is -1.55. The molecule has 0 aliphatic carbocycles. The Kier molecular flexibility index (Phi) is 2.68. The highest BCUT2D eigenvalue weighted by Crippen LogP contribution is 2.14. The number of likely N-dealkylation sites (N-methyl/N-ethyl adjacent to an activating group) is 1. The molecule has 1 aliphatic rings. The first-order valence-electron chi connectivity index (χ1n) is 3.92. The molecule has 0 bridgehead atoms. The van der Waals surface area contributed by atoms with Crippen molar-refractivity contribution in [3.63, 3.8) is 0 Å². The van der Waals surface area contributed by atoms with Crippen LogP contribution in [0.1, 0.15) is 6.92 Å². The molecule has 0 aromatic rings. The monoisotopic (exact) mass is 205 g/mol. The molecular formula is C7H10ClN2O3+. The number of quaternary nitrogens is 1. The number of amides is 3. The van der Waals surface area contributed by atoms with Crippen LogP contribution in [-0.4, -0.2) is 46.8 Å². The minimum Gasteiger partial charge on any atom is -0.257 e. The van der Waals surface area contributed by atoms with Crippen molar-refractivity contribution < 1.29 is 18.9 Å². The van der Waals surface area contributed by atoms with Gasteiger partial charge in [0.2, 0.25) is 0 Å². The van der Waals surface area contributed by atoms with Gasteiger partial charge in [0.05, 0.1) is 13.1 Å². The zero-order valence-electron chi connectivity index (χ0n) is 7.20. The number of rotatable bonds is 2. The summed E-state index contributed by atoms with van der Waals surface area (Å²) < 4.78 is 0.375. The number of imide groups is 1. The average Bonchev–Trinajstić information content (AvgIpc) is 2.16. The first-order chi connectivity index (χ1) is 6.07. The van der Waals surface area contributed by atoms with Crippen LogP contribution in [0, 0.1) is 0 Å². The Hall–Kier alpha value is -0.940. The molecule has 1 saturated heterocycles. The second kappa shape index (κ2) is 3.43. The zero-order chi connectivity index (χ0) is 10.1. The van der Waals surface area contributed by atoms with E-state index < -0.39 is 16.3 Å². The summed E-state index contributed by atoms with van der Waals surface area (Å²) in [6, 6.07) is 0. The maximum atomic E-state index is 11.4. The van der Waals surface area contributed by atoms with Crippen LogP contribution >= 0.6 is 11.8 Å². The molecule has 0 aromatic carbocycles. The van der Waals surface area contributed by atoms with Gasteiger partial charge in [-0.1, -0.05) is 0 Å². The van der Waals surface area contributed by atoms with Crippen LogP contribution in [0.25, 0.3) is 0 Å². The molecular weight excluding hydrogens is 196 g/mol. The van der Waals surface area contributed by atoms with Crippen molar-refractivity contribution in [1.29, 1.82) is 0 Å². The Bertz CT molecular complexity index is 268. The number of halogens is 1. The molecule has 1 fully saturated rings. The van der Waals surface area contributed by atoms with E-state index in [2.05, 4.69) is 0 Å². The molecule has 3 amide bonds. The van der Waals surface area contributed by atoms with E-state index in [0.29, 0.717) is 13.0 Å². The van der Waals surface area contributed by atoms with Crippen LogP contribution in [0.15, 0.2) is 0 Å². The van der Waals surface area contributed by atoms with Gasteiger partial charge in [-0.25, -0.2) is 14.0 Å². The van der Waals surface area contributed by atoms with Gasteiger partial charge in [-0.3, -0.25) is 4.79 Å². The third-order valence-corrected chi connectivity index (χ3v) is 2.59. The fourth-order valence-electron chi connectivity index (χ4n) is 1.24. The van der Waals surface area contributed by atoms with Gasteiger partial charge in [-0.2, -0.15) is 4.48 Å². The van der Waals surface area contributed by atoms with Gasteiger partial charge in [-0.05, 0) is 6.92 Å². The minimum atomic E-state index is -0.804. The summed E-state index contributed by atoms with van der Waals surface area (Å²) in [4.78, 5) is 33.2. The summed E-state index contributed by atoms with van der Waals surface area (Å²) in [7, 11) is 0. The Morgan fingerprint density at radius 3 is 2.69 bits per heavy atom. The second-order valence-corrected chi connectivity index (χ2v) is 3.28. The lowest BCUT2D eigenvalue weighted by atomic mass is 10.3. The lowest BCUT2D eigenvalue weighted by Crippen LogP contribution is -2.63. The van der Waals surface area contributed by atoms with Gasteiger partial charge in [0.15, 0.2) is 0 Å². The van der Waals surface area contributed by atoms with E-state index in [9.17, 15) is 14.4 Å². The molecule has 0 spiro atoms. The van der Waals surface area contributed by atoms with Crippen molar-refractivity contribution in [2.75, 3.05) is 19.6 Å². The average molecular weight is 206 g/mol. The van der Waals surface area contributed by atoms with E-state index in [1.165, 1.54) is 0 Å². The summed E-state index contributed by atoms with van der Waals surface area (Å²) >= 11 is 5.44. The van der Waals surface area contributed by atoms with Crippen molar-refractivity contribution in [1.82, 2.24) is 4.42 Å². The van der Waals surface area contributed by atoms with Crippen LogP contribution in [-0.2, 0) is 14.4 Å². The Balaban J connectivity index is 2.97. The van der Waals surface area contributed by atoms with E-state index in [4.69, 9.17) is 11.8 Å². The minimum absolute atomic E-state index is 0.221. The fraction of sp³-hybridized carbons (Fsp3) is 0.571. The summed E-state index contributed by atoms with van der Waals surface area (Å²) in [6.45, 7) is 2.45. The van der Waals surface area contributed by atoms with E-state index in [1.54, 1.807) is 6.92 Å². The predicted molar refractivity (Wildman–Crippen MR) is 44.3 cm³/mol. The maximum Gasteiger partial charge on any atom is 0.412 e. The van der Waals surface area contributed by atoms with Gasteiger partial charge in [0, 0.05) is 11.8 Å². The predicted octanol–water partition coefficient (Wildman–Crippen LogP) is -0.498. The van der Waals surface area contributed by atoms with E-state index in [0.717, 1.165) is 4.42 Å². The smallest absolute Gasteiger partial charge is 0.257 e. The Labute approximate surface area is 80.6 Å². The van der Waals surface area contributed by atoms with Crippen molar-refractivity contribution in [2.24, 2.45) is 0 Å². The molecule has 72 valence electrons. The lowest BCUT2D eigenvalue weighted by Gasteiger charge is -2.32. The third kappa shape index (κ3) is 1.45. The number of carbonyl (C=O) groups excluding carboxylic acids is 3. The standard InChI is InChI=1S/C7H10ClN2O3/c1-2-10(5-11)4-3-9(8)6(12)7(10)13/h5H,2-4H2,1H3/q+1. The maximum absolute atomic E-state index is 11.4. The molecule has 6 heteroatoms. The highest BCUT2D eigenvalue weighted by Gasteiger charge is 2.46. The first kappa shape index (κ1) is 10.1. The van der Waals surface area contributed by atoms with Crippen molar-refractivity contribution in [3.8, 4) is 0 Å². The van der Waals surface area contributed by atoms with E-state index >= 15 is 0 Å². The lowest BCUT2D eigenvalue weighted by molar-refractivity contribution is -0.766. The van der Waals surface area contributed by atoms with Crippen molar-refractivity contribution in [3.05, 3.63) is 0 Å². The van der Waals surface area contributed by atoms with E-state index in [1.807, 2.05) is 0 Å². The fourth-order valence-corrected chi connectivity index (χ4v) is 1.39. The van der Waals surface area contributed by atoms with Crippen molar-refractivity contribution in [2.45, 2.75) is 6.92 Å². The number of hydrogen-bond donors (Lipinski definition) is 0. The molecule has 13 heavy (non-hydrogen) atoms. The van der Waals surface area contributed by atoms with E-state index in [-0.39, 0.29) is 13.1 Å². The van der Waals surface area contributed by atoms with Crippen LogP contribution in [0.4, 0.5) is 0 Å². The van der Waals surface area contributed by atoms with Gasteiger partial charge in [0.1, 0.15) is 6.54 Å². The van der Waals surface area contributed by atoms with Crippen LogP contribution in [0.3, 0.4) is 0 Å². The number of carbonyl (C=O) groups is 3. The molecule has 0 saturated carbocycles. The highest BCUT2D eigenvalue weighted by atomic mass is 35.5. The van der Waals surface area contributed by atoms with Gasteiger partial charge < -0.3 is 0 Å². The normalized spacial score (nSPS) is 29.2. The molecule has 1 unspecified atom stereocenters. The zero-order valence-corrected chi connectivity index (χ0v) is 7.95. The quantitative estimate of drug-likeness (QED) is 0.264. The molecule has 1 aliphatic heterocycles. The summed E-state index contributed by atoms with van der Waals surface area (Å²) in [5, 5.41) is 0. The van der Waals surface area contributed by atoms with Crippen LogP contribution in [0.5, 0.6) is 0 Å². The van der Waals surface area contributed by atoms with Gasteiger partial charge >= 0.3 is 18.2 Å². The molecule has 1 atom stereocenters. The molecule has 1 rings (SSSR count). The molecule has 0 radical (unpaired) electrons. The molecule has 0 N–H and O–H groups in total. The molecule has 0 aromatic heterocycles. The second-order valence-electron chi connectivity index (χ2n) is 2.88. The molecule has 5 nitrogen and oxygen atoms in total. The van der Waals surface area contributed by atoms with Gasteiger partial charge in [-0.15, -0.1) is 0 Å². The van der Waals surface area contributed by atoms with Crippen LogP contribution in [0.2, 0.25) is 0 Å². The van der Waals surface area contributed by atoms with Crippen molar-refractivity contribution >= 4 is 30.0 Å². The topological polar surface area (TPSA) is 54.5 Å². The Morgan fingerprint density at radius 2 is 2.23 bits per heavy atom.